The van der Waals surface area contributed by atoms with Gasteiger partial charge in [0, 0.05) is 12.4 Å². The van der Waals surface area contributed by atoms with Gasteiger partial charge >= 0.3 is 7.12 Å². The minimum absolute atomic E-state index is 0.182. The van der Waals surface area contributed by atoms with Crippen molar-refractivity contribution in [1.82, 2.24) is 5.32 Å². The van der Waals surface area contributed by atoms with Crippen LogP contribution in [0.25, 0.3) is 0 Å². The molecule has 1 rings (SSSR count). The molecule has 0 amide bonds. The summed E-state index contributed by atoms with van der Waals surface area (Å²) in [6.07, 6.45) is 1.60. The highest BCUT2D eigenvalue weighted by Crippen LogP contribution is 2.24. The second kappa shape index (κ2) is 4.82. The lowest BCUT2D eigenvalue weighted by molar-refractivity contribution is 0.0134. The molecule has 70 valence electrons. The molecule has 4 nitrogen and oxygen atoms in total. The third-order valence-electron chi connectivity index (χ3n) is 2.18. The predicted molar refractivity (Wildman–Crippen MR) is 46.6 cm³/mol. The molecule has 0 saturated carbocycles. The molecule has 1 saturated heterocycles. The topological polar surface area (TPSA) is 61.7 Å². The first-order valence-electron chi connectivity index (χ1n) is 4.47. The third-order valence-corrected chi connectivity index (χ3v) is 2.18. The molecule has 12 heavy (non-hydrogen) atoms. The van der Waals surface area contributed by atoms with Gasteiger partial charge in [-0.2, -0.15) is 0 Å². The van der Waals surface area contributed by atoms with Crippen molar-refractivity contribution in [2.45, 2.75) is 31.8 Å². The average Bonchev–Trinajstić information content (AvgIpc) is 2.05. The Morgan fingerprint density at radius 2 is 2.33 bits per heavy atom. The number of rotatable bonds is 3. The van der Waals surface area contributed by atoms with Crippen molar-refractivity contribution in [1.29, 1.82) is 0 Å². The quantitative estimate of drug-likeness (QED) is 0.507. The van der Waals surface area contributed by atoms with Crippen LogP contribution in [0.3, 0.4) is 0 Å². The summed E-state index contributed by atoms with van der Waals surface area (Å²) < 4.78 is 5.33. The van der Waals surface area contributed by atoms with E-state index in [0.717, 1.165) is 19.4 Å². The fraction of sp³-hybridized carbons (Fsp3) is 1.00. The Morgan fingerprint density at radius 3 is 2.92 bits per heavy atom. The number of hydrogen-bond donors (Lipinski definition) is 3. The number of ether oxygens (including phenoxy) is 1. The summed E-state index contributed by atoms with van der Waals surface area (Å²) in [6, 6.07) is 0. The summed E-state index contributed by atoms with van der Waals surface area (Å²) in [5.41, 5.74) is 0. The van der Waals surface area contributed by atoms with E-state index in [1.54, 1.807) is 0 Å². The van der Waals surface area contributed by atoms with E-state index in [4.69, 9.17) is 14.8 Å². The van der Waals surface area contributed by atoms with E-state index in [1.165, 1.54) is 0 Å². The lowest BCUT2D eigenvalue weighted by atomic mass is 9.68. The van der Waals surface area contributed by atoms with Gasteiger partial charge in [0.15, 0.2) is 0 Å². The Bertz CT molecular complexity index is 132. The van der Waals surface area contributed by atoms with Crippen LogP contribution in [0.15, 0.2) is 0 Å². The average molecular weight is 173 g/mol. The van der Waals surface area contributed by atoms with Crippen molar-refractivity contribution < 1.29 is 14.8 Å². The summed E-state index contributed by atoms with van der Waals surface area (Å²) in [6.45, 7) is 3.39. The van der Waals surface area contributed by atoms with Crippen LogP contribution in [0.2, 0.25) is 5.82 Å². The van der Waals surface area contributed by atoms with Crippen molar-refractivity contribution in [3.8, 4) is 0 Å². The van der Waals surface area contributed by atoms with Gasteiger partial charge in [0.05, 0.1) is 0 Å². The molecule has 1 heterocycles. The van der Waals surface area contributed by atoms with Crippen LogP contribution in [0, 0.1) is 0 Å². The number of piperidine rings is 1. The van der Waals surface area contributed by atoms with Gasteiger partial charge in [-0.1, -0.05) is 0 Å². The number of hydrogen-bond acceptors (Lipinski definition) is 4. The van der Waals surface area contributed by atoms with E-state index in [2.05, 4.69) is 5.32 Å². The Labute approximate surface area is 73.1 Å². The lowest BCUT2D eigenvalue weighted by Crippen LogP contribution is -2.46. The SMILES string of the molecule is CCOC1NCCCC1B(O)O. The molecular weight excluding hydrogens is 157 g/mol. The highest BCUT2D eigenvalue weighted by molar-refractivity contribution is 6.43. The van der Waals surface area contributed by atoms with E-state index in [1.807, 2.05) is 6.92 Å². The number of nitrogens with one attached hydrogen (secondary N) is 1. The van der Waals surface area contributed by atoms with E-state index in [9.17, 15) is 0 Å². The van der Waals surface area contributed by atoms with Gasteiger partial charge in [-0.25, -0.2) is 0 Å². The van der Waals surface area contributed by atoms with E-state index >= 15 is 0 Å². The molecule has 0 aromatic carbocycles. The second-order valence-corrected chi connectivity index (χ2v) is 3.05. The molecule has 0 bridgehead atoms. The Morgan fingerprint density at radius 1 is 1.58 bits per heavy atom. The summed E-state index contributed by atoms with van der Waals surface area (Å²) in [7, 11) is -1.27. The Balaban J connectivity index is 2.42. The maximum atomic E-state index is 9.01. The fourth-order valence-corrected chi connectivity index (χ4v) is 1.55. The molecule has 5 heteroatoms. The van der Waals surface area contributed by atoms with Crippen molar-refractivity contribution in [2.24, 2.45) is 0 Å². The molecule has 1 fully saturated rings. The monoisotopic (exact) mass is 173 g/mol. The van der Waals surface area contributed by atoms with Gasteiger partial charge in [-0.05, 0) is 26.3 Å². The first-order valence-corrected chi connectivity index (χ1v) is 4.47. The van der Waals surface area contributed by atoms with Crippen LogP contribution >= 0.6 is 0 Å². The second-order valence-electron chi connectivity index (χ2n) is 3.05. The lowest BCUT2D eigenvalue weighted by Gasteiger charge is -2.31. The van der Waals surface area contributed by atoms with E-state index < -0.39 is 7.12 Å². The summed E-state index contributed by atoms with van der Waals surface area (Å²) >= 11 is 0. The Hall–Kier alpha value is -0.0951. The van der Waals surface area contributed by atoms with Crippen LogP contribution in [0.4, 0.5) is 0 Å². The summed E-state index contributed by atoms with van der Waals surface area (Å²) in [5, 5.41) is 21.1. The minimum Gasteiger partial charge on any atom is -0.427 e. The smallest absolute Gasteiger partial charge is 0.427 e. The van der Waals surface area contributed by atoms with Crippen molar-refractivity contribution in [3.05, 3.63) is 0 Å². The molecule has 2 unspecified atom stereocenters. The van der Waals surface area contributed by atoms with Crippen LogP contribution in [-0.4, -0.2) is 36.5 Å². The van der Waals surface area contributed by atoms with Crippen molar-refractivity contribution >= 4 is 7.12 Å². The van der Waals surface area contributed by atoms with Gasteiger partial charge in [0.2, 0.25) is 0 Å². The van der Waals surface area contributed by atoms with Gasteiger partial charge in [-0.15, -0.1) is 0 Å². The molecule has 1 aliphatic rings. The maximum absolute atomic E-state index is 9.01. The molecule has 0 radical (unpaired) electrons. The first-order chi connectivity index (χ1) is 5.75. The Kier molecular flexibility index (Phi) is 4.01. The highest BCUT2D eigenvalue weighted by atomic mass is 16.5. The van der Waals surface area contributed by atoms with Crippen LogP contribution < -0.4 is 5.32 Å². The third kappa shape index (κ3) is 2.45. The highest BCUT2D eigenvalue weighted by Gasteiger charge is 2.33. The first kappa shape index (κ1) is 9.99. The molecule has 0 aliphatic carbocycles. The van der Waals surface area contributed by atoms with E-state index in [0.29, 0.717) is 6.61 Å². The van der Waals surface area contributed by atoms with Gasteiger partial charge < -0.3 is 14.8 Å². The van der Waals surface area contributed by atoms with Gasteiger partial charge in [0.1, 0.15) is 6.23 Å². The zero-order valence-electron chi connectivity index (χ0n) is 7.36. The molecule has 3 N–H and O–H groups in total. The molecule has 2 atom stereocenters. The summed E-state index contributed by atoms with van der Waals surface area (Å²) in [4.78, 5) is 0. The zero-order chi connectivity index (χ0) is 8.97. The van der Waals surface area contributed by atoms with Gasteiger partial charge in [0.25, 0.3) is 0 Å². The van der Waals surface area contributed by atoms with Crippen LogP contribution in [0.5, 0.6) is 0 Å². The molecule has 0 aromatic rings. The van der Waals surface area contributed by atoms with Gasteiger partial charge in [-0.3, -0.25) is 5.32 Å². The molecule has 0 aromatic heterocycles. The zero-order valence-corrected chi connectivity index (χ0v) is 7.36. The standard InChI is InChI=1S/C7H16BNO3/c1-2-12-7-6(8(10)11)4-3-5-9-7/h6-7,9-11H,2-5H2,1H3. The van der Waals surface area contributed by atoms with Crippen molar-refractivity contribution in [3.63, 3.8) is 0 Å². The fourth-order valence-electron chi connectivity index (χ4n) is 1.55. The normalized spacial score (nSPS) is 30.2. The minimum atomic E-state index is -1.27. The van der Waals surface area contributed by atoms with Crippen molar-refractivity contribution in [2.75, 3.05) is 13.2 Å². The maximum Gasteiger partial charge on any atom is 0.458 e. The van der Waals surface area contributed by atoms with Crippen LogP contribution in [-0.2, 0) is 4.74 Å². The van der Waals surface area contributed by atoms with Crippen LogP contribution in [0.1, 0.15) is 19.8 Å². The molecular formula is C7H16BNO3. The summed E-state index contributed by atoms with van der Waals surface area (Å²) in [5.74, 6) is -0.182. The van der Waals surface area contributed by atoms with E-state index in [-0.39, 0.29) is 12.0 Å². The molecule has 0 spiro atoms. The molecule has 1 aliphatic heterocycles. The largest absolute Gasteiger partial charge is 0.458 e. The predicted octanol–water partition coefficient (Wildman–Crippen LogP) is -0.425.